The third-order valence-corrected chi connectivity index (χ3v) is 5.96. The monoisotopic (exact) mass is 438 g/mol. The highest BCUT2D eigenvalue weighted by atomic mass is 16.5. The second-order valence-corrected chi connectivity index (χ2v) is 8.15. The Bertz CT molecular complexity index is 1030. The fraction of sp³-hybridized carbons (Fsp3) is 0.500. The van der Waals surface area contributed by atoms with E-state index in [1.807, 2.05) is 26.1 Å². The highest BCUT2D eigenvalue weighted by Gasteiger charge is 2.25. The molecule has 1 unspecified atom stereocenters. The summed E-state index contributed by atoms with van der Waals surface area (Å²) in [6.45, 7) is 9.82. The molecule has 1 saturated heterocycles. The SMILES string of the molecule is CN=C(NCCCn1c(C)nc2ccccc21)NCC(c1ccc(C)o1)N1CCOCC1. The van der Waals surface area contributed by atoms with Gasteiger partial charge in [0.05, 0.1) is 30.3 Å². The van der Waals surface area contributed by atoms with Crippen LogP contribution in [0, 0.1) is 13.8 Å². The number of furan rings is 1. The van der Waals surface area contributed by atoms with Crippen molar-refractivity contribution in [2.75, 3.05) is 46.4 Å². The molecule has 1 aliphatic rings. The van der Waals surface area contributed by atoms with E-state index in [0.29, 0.717) is 0 Å². The summed E-state index contributed by atoms with van der Waals surface area (Å²) in [5, 5.41) is 6.93. The van der Waals surface area contributed by atoms with Gasteiger partial charge >= 0.3 is 0 Å². The number of guanidine groups is 1. The van der Waals surface area contributed by atoms with Crippen molar-refractivity contribution in [1.82, 2.24) is 25.1 Å². The van der Waals surface area contributed by atoms with Crippen LogP contribution in [-0.2, 0) is 11.3 Å². The number of fused-ring (bicyclic) bond motifs is 1. The van der Waals surface area contributed by atoms with Crippen LogP contribution >= 0.6 is 0 Å². The Hall–Kier alpha value is -2.84. The first-order chi connectivity index (χ1) is 15.7. The van der Waals surface area contributed by atoms with Crippen molar-refractivity contribution in [3.05, 3.63) is 53.7 Å². The van der Waals surface area contributed by atoms with Gasteiger partial charge in [-0.15, -0.1) is 0 Å². The fourth-order valence-electron chi connectivity index (χ4n) is 4.27. The minimum absolute atomic E-state index is 0.145. The third kappa shape index (κ3) is 5.31. The first-order valence-corrected chi connectivity index (χ1v) is 11.4. The molecule has 0 radical (unpaired) electrons. The van der Waals surface area contributed by atoms with Crippen LogP contribution < -0.4 is 10.6 Å². The van der Waals surface area contributed by atoms with Crippen LogP contribution in [0.2, 0.25) is 0 Å². The Balaban J connectivity index is 1.30. The van der Waals surface area contributed by atoms with Gasteiger partial charge in [0.25, 0.3) is 0 Å². The normalized spacial score (nSPS) is 16.4. The molecule has 8 nitrogen and oxygen atoms in total. The molecule has 3 aromatic rings. The van der Waals surface area contributed by atoms with Gasteiger partial charge in [-0.3, -0.25) is 9.89 Å². The molecular weight excluding hydrogens is 404 g/mol. The number of hydrogen-bond donors (Lipinski definition) is 2. The van der Waals surface area contributed by atoms with Crippen molar-refractivity contribution >= 4 is 17.0 Å². The molecule has 1 atom stereocenters. The first-order valence-electron chi connectivity index (χ1n) is 11.4. The van der Waals surface area contributed by atoms with Gasteiger partial charge in [0.1, 0.15) is 17.3 Å². The lowest BCUT2D eigenvalue weighted by atomic mass is 10.1. The lowest BCUT2D eigenvalue weighted by molar-refractivity contribution is 0.0124. The summed E-state index contributed by atoms with van der Waals surface area (Å²) in [4.78, 5) is 11.5. The van der Waals surface area contributed by atoms with Gasteiger partial charge in [0.2, 0.25) is 0 Å². The summed E-state index contributed by atoms with van der Waals surface area (Å²) in [6.07, 6.45) is 0.978. The molecule has 2 aromatic heterocycles. The maximum Gasteiger partial charge on any atom is 0.191 e. The van der Waals surface area contributed by atoms with E-state index in [1.54, 1.807) is 0 Å². The molecule has 0 bridgehead atoms. The molecule has 172 valence electrons. The van der Waals surface area contributed by atoms with E-state index < -0.39 is 0 Å². The minimum Gasteiger partial charge on any atom is -0.465 e. The average Bonchev–Trinajstić information content (AvgIpc) is 3.38. The summed E-state index contributed by atoms with van der Waals surface area (Å²) in [7, 11) is 1.81. The van der Waals surface area contributed by atoms with Crippen LogP contribution in [0.3, 0.4) is 0 Å². The van der Waals surface area contributed by atoms with E-state index in [2.05, 4.69) is 61.3 Å². The number of aromatic nitrogens is 2. The number of nitrogens with one attached hydrogen (secondary N) is 2. The molecule has 0 aliphatic carbocycles. The number of morpholine rings is 1. The summed E-state index contributed by atoms with van der Waals surface area (Å²) >= 11 is 0. The van der Waals surface area contributed by atoms with Gasteiger partial charge in [-0.2, -0.15) is 0 Å². The van der Waals surface area contributed by atoms with Crippen molar-refractivity contribution in [3.63, 3.8) is 0 Å². The van der Waals surface area contributed by atoms with Crippen molar-refractivity contribution < 1.29 is 9.15 Å². The van der Waals surface area contributed by atoms with Gasteiger partial charge in [-0.25, -0.2) is 4.98 Å². The molecule has 1 aromatic carbocycles. The van der Waals surface area contributed by atoms with Gasteiger partial charge in [0, 0.05) is 39.8 Å². The van der Waals surface area contributed by atoms with Crippen molar-refractivity contribution in [2.45, 2.75) is 32.9 Å². The Kier molecular flexibility index (Phi) is 7.44. The van der Waals surface area contributed by atoms with E-state index in [0.717, 1.165) is 81.2 Å². The summed E-state index contributed by atoms with van der Waals surface area (Å²) in [5.74, 6) is 3.77. The van der Waals surface area contributed by atoms with E-state index in [4.69, 9.17) is 9.15 Å². The zero-order valence-corrected chi connectivity index (χ0v) is 19.3. The molecule has 32 heavy (non-hydrogen) atoms. The Morgan fingerprint density at radius 1 is 1.12 bits per heavy atom. The molecule has 1 aliphatic heterocycles. The Morgan fingerprint density at radius 3 is 2.69 bits per heavy atom. The highest BCUT2D eigenvalue weighted by molar-refractivity contribution is 5.79. The van der Waals surface area contributed by atoms with Crippen LogP contribution in [-0.4, -0.2) is 66.9 Å². The molecule has 0 spiro atoms. The van der Waals surface area contributed by atoms with Crippen molar-refractivity contribution in [3.8, 4) is 0 Å². The van der Waals surface area contributed by atoms with Crippen LogP contribution in [0.15, 0.2) is 45.8 Å². The third-order valence-electron chi connectivity index (χ3n) is 5.96. The second kappa shape index (κ2) is 10.7. The van der Waals surface area contributed by atoms with E-state index >= 15 is 0 Å². The highest BCUT2D eigenvalue weighted by Crippen LogP contribution is 2.23. The minimum atomic E-state index is 0.145. The number of imidazole rings is 1. The standard InChI is InChI=1S/C24H34N6O2/c1-18-9-10-23(32-18)22(29-13-15-31-16-14-29)17-27-24(25-3)26-11-6-12-30-19(2)28-20-7-4-5-8-21(20)30/h4-5,7-10,22H,6,11-17H2,1-3H3,(H2,25,26,27). The molecule has 2 N–H and O–H groups in total. The lowest BCUT2D eigenvalue weighted by Crippen LogP contribution is -2.46. The molecule has 8 heteroatoms. The fourth-order valence-corrected chi connectivity index (χ4v) is 4.27. The number of aryl methyl sites for hydroxylation is 3. The largest absolute Gasteiger partial charge is 0.465 e. The number of aliphatic imine (C=N–C) groups is 1. The van der Waals surface area contributed by atoms with Crippen LogP contribution in [0.25, 0.3) is 11.0 Å². The molecule has 3 heterocycles. The predicted molar refractivity (Wildman–Crippen MR) is 127 cm³/mol. The van der Waals surface area contributed by atoms with Gasteiger partial charge in [-0.1, -0.05) is 12.1 Å². The number of benzene rings is 1. The molecule has 0 saturated carbocycles. The van der Waals surface area contributed by atoms with Gasteiger partial charge in [0.15, 0.2) is 5.96 Å². The summed E-state index contributed by atoms with van der Waals surface area (Å²) in [6, 6.07) is 12.5. The zero-order chi connectivity index (χ0) is 22.3. The number of ether oxygens (including phenoxy) is 1. The summed E-state index contributed by atoms with van der Waals surface area (Å²) in [5.41, 5.74) is 2.24. The Labute approximate surface area is 189 Å². The molecule has 0 amide bonds. The van der Waals surface area contributed by atoms with Crippen molar-refractivity contribution in [1.29, 1.82) is 0 Å². The first kappa shape index (κ1) is 22.4. The molecule has 1 fully saturated rings. The maximum absolute atomic E-state index is 5.96. The number of para-hydroxylation sites is 2. The quantitative estimate of drug-likeness (QED) is 0.320. The van der Waals surface area contributed by atoms with Gasteiger partial charge in [-0.05, 0) is 44.5 Å². The summed E-state index contributed by atoms with van der Waals surface area (Å²) < 4.78 is 13.8. The van der Waals surface area contributed by atoms with Crippen LogP contribution in [0.1, 0.15) is 29.8 Å². The van der Waals surface area contributed by atoms with E-state index in [1.165, 1.54) is 5.52 Å². The number of hydrogen-bond acceptors (Lipinski definition) is 5. The molecule has 4 rings (SSSR count). The van der Waals surface area contributed by atoms with Crippen LogP contribution in [0.5, 0.6) is 0 Å². The predicted octanol–water partition coefficient (Wildman–Crippen LogP) is 2.87. The average molecular weight is 439 g/mol. The second-order valence-electron chi connectivity index (χ2n) is 8.15. The smallest absolute Gasteiger partial charge is 0.191 e. The lowest BCUT2D eigenvalue weighted by Gasteiger charge is -2.33. The zero-order valence-electron chi connectivity index (χ0n) is 19.3. The van der Waals surface area contributed by atoms with Crippen molar-refractivity contribution in [2.24, 2.45) is 4.99 Å². The van der Waals surface area contributed by atoms with Crippen LogP contribution in [0.4, 0.5) is 0 Å². The maximum atomic E-state index is 5.96. The number of nitrogens with zero attached hydrogens (tertiary/aromatic N) is 4. The van der Waals surface area contributed by atoms with E-state index in [9.17, 15) is 0 Å². The Morgan fingerprint density at radius 2 is 1.94 bits per heavy atom. The van der Waals surface area contributed by atoms with E-state index in [-0.39, 0.29) is 6.04 Å². The topological polar surface area (TPSA) is 79.8 Å². The number of rotatable bonds is 8. The molecular formula is C24H34N6O2. The van der Waals surface area contributed by atoms with Gasteiger partial charge < -0.3 is 24.4 Å².